The van der Waals surface area contributed by atoms with Gasteiger partial charge in [-0.15, -0.1) is 0 Å². The zero-order valence-corrected chi connectivity index (χ0v) is 9.25. The number of carbonyl (C=O) groups is 1. The molecule has 11 heavy (non-hydrogen) atoms. The van der Waals surface area contributed by atoms with E-state index in [9.17, 15) is 4.79 Å². The number of nitrogens with zero attached hydrogens (tertiary/aromatic N) is 2. The Labute approximate surface area is 81.2 Å². The molecule has 0 aromatic heterocycles. The van der Waals surface area contributed by atoms with Gasteiger partial charge in [0, 0.05) is 13.6 Å². The first-order valence-corrected chi connectivity index (χ1v) is 4.63. The van der Waals surface area contributed by atoms with Crippen LogP contribution in [0.2, 0.25) is 0 Å². The molecule has 2 amide bonds. The number of halogens is 1. The minimum Gasteiger partial charge on any atom is -0.327 e. The van der Waals surface area contributed by atoms with Gasteiger partial charge in [-0.2, -0.15) is 0 Å². The predicted octanol–water partition coefficient (Wildman–Crippen LogP) is 1.87. The first-order valence-electron chi connectivity index (χ1n) is 3.66. The number of carbonyl (C=O) groups excluding carboxylic acids is 1. The van der Waals surface area contributed by atoms with E-state index in [0.29, 0.717) is 0 Å². The highest BCUT2D eigenvalue weighted by Gasteiger charge is 2.35. The molecule has 1 aliphatic rings. The van der Waals surface area contributed by atoms with Gasteiger partial charge in [-0.25, -0.2) is 4.79 Å². The summed E-state index contributed by atoms with van der Waals surface area (Å²) in [6, 6.07) is 0.113. The molecular formula is C7H13IN2O. The van der Waals surface area contributed by atoms with E-state index in [2.05, 4.69) is 36.7 Å². The van der Waals surface area contributed by atoms with Crippen LogP contribution in [0.4, 0.5) is 4.79 Å². The zero-order chi connectivity index (χ0) is 8.65. The number of hydrogen-bond acceptors (Lipinski definition) is 1. The fraction of sp³-hybridized carbons (Fsp3) is 0.857. The second-order valence-corrected chi connectivity index (χ2v) is 4.51. The molecule has 0 unspecified atom stereocenters. The fourth-order valence-electron chi connectivity index (χ4n) is 1.04. The zero-order valence-electron chi connectivity index (χ0n) is 7.09. The van der Waals surface area contributed by atoms with E-state index in [-0.39, 0.29) is 11.6 Å². The standard InChI is InChI=1S/C7H13IN2O/c1-7(2)4-5-9(3)6(11)10(7)8/h4-5H2,1-3H3. The molecule has 1 aliphatic heterocycles. The van der Waals surface area contributed by atoms with Crippen LogP contribution in [0, 0.1) is 0 Å². The molecular weight excluding hydrogens is 255 g/mol. The third kappa shape index (κ3) is 1.60. The molecule has 0 saturated carbocycles. The Hall–Kier alpha value is -0.0000000000000000555. The fourth-order valence-corrected chi connectivity index (χ4v) is 1.65. The highest BCUT2D eigenvalue weighted by molar-refractivity contribution is 14.1. The smallest absolute Gasteiger partial charge is 0.327 e. The van der Waals surface area contributed by atoms with E-state index < -0.39 is 0 Å². The first kappa shape index (κ1) is 9.09. The largest absolute Gasteiger partial charge is 0.329 e. The van der Waals surface area contributed by atoms with Crippen molar-refractivity contribution in [1.29, 1.82) is 0 Å². The maximum Gasteiger partial charge on any atom is 0.329 e. The quantitative estimate of drug-likeness (QED) is 0.486. The minimum absolute atomic E-state index is 0.0180. The topological polar surface area (TPSA) is 23.6 Å². The van der Waals surface area contributed by atoms with Crippen LogP contribution in [0.5, 0.6) is 0 Å². The SMILES string of the molecule is CN1CCC(C)(C)N(I)C1=O. The number of rotatable bonds is 0. The molecule has 1 heterocycles. The third-order valence-corrected chi connectivity index (χ3v) is 3.80. The van der Waals surface area contributed by atoms with Crippen molar-refractivity contribution in [1.82, 2.24) is 8.01 Å². The maximum atomic E-state index is 11.4. The Balaban J connectivity index is 2.75. The predicted molar refractivity (Wildman–Crippen MR) is 52.6 cm³/mol. The highest BCUT2D eigenvalue weighted by Crippen LogP contribution is 2.28. The van der Waals surface area contributed by atoms with E-state index in [1.54, 1.807) is 8.01 Å². The Morgan fingerprint density at radius 3 is 2.55 bits per heavy atom. The van der Waals surface area contributed by atoms with Gasteiger partial charge < -0.3 is 4.90 Å². The summed E-state index contributed by atoms with van der Waals surface area (Å²) >= 11 is 2.08. The molecule has 0 N–H and O–H groups in total. The van der Waals surface area contributed by atoms with Gasteiger partial charge in [0.15, 0.2) is 0 Å². The summed E-state index contributed by atoms with van der Waals surface area (Å²) in [5.41, 5.74) is 0.0180. The normalized spacial score (nSPS) is 24.2. The van der Waals surface area contributed by atoms with Crippen molar-refractivity contribution in [3.63, 3.8) is 0 Å². The summed E-state index contributed by atoms with van der Waals surface area (Å²) in [6.07, 6.45) is 1.04. The van der Waals surface area contributed by atoms with Gasteiger partial charge >= 0.3 is 6.03 Å². The molecule has 0 aliphatic carbocycles. The van der Waals surface area contributed by atoms with Crippen LogP contribution < -0.4 is 0 Å². The summed E-state index contributed by atoms with van der Waals surface area (Å²) < 4.78 is 1.77. The van der Waals surface area contributed by atoms with Crippen molar-refractivity contribution in [3.05, 3.63) is 0 Å². The van der Waals surface area contributed by atoms with Gasteiger partial charge in [-0.3, -0.25) is 3.11 Å². The van der Waals surface area contributed by atoms with Crippen LogP contribution in [0.1, 0.15) is 20.3 Å². The van der Waals surface area contributed by atoms with Gasteiger partial charge in [-0.05, 0) is 20.3 Å². The highest BCUT2D eigenvalue weighted by atomic mass is 127. The van der Waals surface area contributed by atoms with Crippen LogP contribution in [-0.4, -0.2) is 33.2 Å². The first-order chi connectivity index (χ1) is 4.95. The molecule has 1 fully saturated rings. The summed E-state index contributed by atoms with van der Waals surface area (Å²) in [5.74, 6) is 0. The molecule has 0 radical (unpaired) electrons. The number of urea groups is 1. The Kier molecular flexibility index (Phi) is 2.32. The molecule has 0 aromatic rings. The van der Waals surface area contributed by atoms with Crippen LogP contribution in [-0.2, 0) is 0 Å². The molecule has 64 valence electrons. The summed E-state index contributed by atoms with van der Waals surface area (Å²) in [4.78, 5) is 13.1. The van der Waals surface area contributed by atoms with Crippen molar-refractivity contribution < 1.29 is 4.79 Å². The monoisotopic (exact) mass is 268 g/mol. The van der Waals surface area contributed by atoms with E-state index in [0.717, 1.165) is 13.0 Å². The average molecular weight is 268 g/mol. The average Bonchev–Trinajstić information content (AvgIpc) is 1.95. The van der Waals surface area contributed by atoms with Crippen molar-refractivity contribution in [2.45, 2.75) is 25.8 Å². The Bertz CT molecular complexity index is 181. The molecule has 3 nitrogen and oxygen atoms in total. The summed E-state index contributed by atoms with van der Waals surface area (Å²) in [5, 5.41) is 0. The van der Waals surface area contributed by atoms with Gasteiger partial charge in [0.2, 0.25) is 0 Å². The molecule has 0 atom stereocenters. The van der Waals surface area contributed by atoms with E-state index in [4.69, 9.17) is 0 Å². The second kappa shape index (κ2) is 2.80. The Morgan fingerprint density at radius 2 is 2.09 bits per heavy atom. The lowest BCUT2D eigenvalue weighted by Crippen LogP contribution is -2.53. The summed E-state index contributed by atoms with van der Waals surface area (Å²) in [7, 11) is 1.84. The van der Waals surface area contributed by atoms with Gasteiger partial charge in [-0.1, -0.05) is 0 Å². The minimum atomic E-state index is 0.0180. The molecule has 1 rings (SSSR count). The summed E-state index contributed by atoms with van der Waals surface area (Å²) in [6.45, 7) is 5.04. The lowest BCUT2D eigenvalue weighted by molar-refractivity contribution is 0.134. The van der Waals surface area contributed by atoms with E-state index in [1.165, 1.54) is 0 Å². The van der Waals surface area contributed by atoms with Crippen LogP contribution in [0.3, 0.4) is 0 Å². The molecule has 0 aromatic carbocycles. The van der Waals surface area contributed by atoms with Crippen molar-refractivity contribution in [2.24, 2.45) is 0 Å². The van der Waals surface area contributed by atoms with Crippen molar-refractivity contribution in [2.75, 3.05) is 13.6 Å². The lowest BCUT2D eigenvalue weighted by Gasteiger charge is -2.41. The number of amides is 2. The van der Waals surface area contributed by atoms with Gasteiger partial charge in [0.1, 0.15) is 0 Å². The van der Waals surface area contributed by atoms with E-state index in [1.807, 2.05) is 7.05 Å². The van der Waals surface area contributed by atoms with Crippen molar-refractivity contribution in [3.8, 4) is 0 Å². The van der Waals surface area contributed by atoms with Gasteiger partial charge in [0.05, 0.1) is 28.4 Å². The second-order valence-electron chi connectivity index (χ2n) is 3.55. The third-order valence-electron chi connectivity index (χ3n) is 2.08. The van der Waals surface area contributed by atoms with Crippen LogP contribution in [0.15, 0.2) is 0 Å². The number of hydrogen-bond donors (Lipinski definition) is 0. The van der Waals surface area contributed by atoms with Gasteiger partial charge in [0.25, 0.3) is 0 Å². The Morgan fingerprint density at radius 1 is 1.55 bits per heavy atom. The van der Waals surface area contributed by atoms with Crippen LogP contribution in [0.25, 0.3) is 0 Å². The van der Waals surface area contributed by atoms with E-state index >= 15 is 0 Å². The van der Waals surface area contributed by atoms with Crippen LogP contribution >= 0.6 is 22.9 Å². The molecule has 4 heteroatoms. The lowest BCUT2D eigenvalue weighted by atomic mass is 9.99. The molecule has 0 spiro atoms. The van der Waals surface area contributed by atoms with Crippen molar-refractivity contribution >= 4 is 28.9 Å². The molecule has 0 bridgehead atoms. The maximum absolute atomic E-state index is 11.4. The molecule has 1 saturated heterocycles.